The number of amides is 1. The van der Waals surface area contributed by atoms with Gasteiger partial charge in [0.1, 0.15) is 0 Å². The second-order valence-corrected chi connectivity index (χ2v) is 7.29. The highest BCUT2D eigenvalue weighted by Gasteiger charge is 2.20. The molecule has 0 fully saturated rings. The van der Waals surface area contributed by atoms with Crippen LogP contribution in [-0.4, -0.2) is 34.8 Å². The maximum Gasteiger partial charge on any atom is 0.258 e. The monoisotopic (exact) mass is 405 g/mol. The molecule has 0 aliphatic rings. The molecule has 4 rings (SSSR count). The lowest BCUT2D eigenvalue weighted by molar-refractivity contribution is 0.102. The van der Waals surface area contributed by atoms with E-state index < -0.39 is 0 Å². The summed E-state index contributed by atoms with van der Waals surface area (Å²) in [5.41, 5.74) is 4.26. The number of rotatable bonds is 4. The van der Waals surface area contributed by atoms with Crippen molar-refractivity contribution < 1.29 is 4.79 Å². The van der Waals surface area contributed by atoms with Crippen molar-refractivity contribution in [2.24, 2.45) is 0 Å². The molecule has 1 amide bonds. The van der Waals surface area contributed by atoms with Crippen LogP contribution in [0.25, 0.3) is 16.7 Å². The third-order valence-electron chi connectivity index (χ3n) is 4.69. The largest absolute Gasteiger partial charge is 0.378 e. The molecule has 0 radical (unpaired) electrons. The highest BCUT2D eigenvalue weighted by molar-refractivity contribution is 6.39. The summed E-state index contributed by atoms with van der Waals surface area (Å²) in [4.78, 5) is 19.3. The number of fused-ring (bicyclic) bond motifs is 1. The number of para-hydroxylation sites is 1. The van der Waals surface area contributed by atoms with E-state index in [0.717, 1.165) is 11.4 Å². The van der Waals surface area contributed by atoms with Crippen LogP contribution in [0.15, 0.2) is 60.8 Å². The van der Waals surface area contributed by atoms with Crippen LogP contribution in [0.4, 0.5) is 11.4 Å². The van der Waals surface area contributed by atoms with Gasteiger partial charge in [-0.1, -0.05) is 29.8 Å². The average Bonchev–Trinajstić information content (AvgIpc) is 3.06. The number of nitrogens with zero attached hydrogens (tertiary/aromatic N) is 4. The number of anilines is 2. The van der Waals surface area contributed by atoms with Crippen molar-refractivity contribution in [3.8, 4) is 5.69 Å². The fourth-order valence-electron chi connectivity index (χ4n) is 3.16. The molecule has 7 heteroatoms. The molecule has 0 unspecified atom stereocenters. The van der Waals surface area contributed by atoms with Gasteiger partial charge in [-0.2, -0.15) is 5.10 Å². The van der Waals surface area contributed by atoms with Crippen molar-refractivity contribution in [3.05, 3.63) is 77.1 Å². The Morgan fingerprint density at radius 3 is 2.41 bits per heavy atom. The fraction of sp³-hybridized carbons (Fsp3) is 0.136. The molecule has 2 heterocycles. The van der Waals surface area contributed by atoms with E-state index in [-0.39, 0.29) is 5.91 Å². The molecule has 1 N–H and O–H groups in total. The van der Waals surface area contributed by atoms with Crippen molar-refractivity contribution in [1.82, 2.24) is 14.8 Å². The molecule has 0 aliphatic carbocycles. The van der Waals surface area contributed by atoms with Gasteiger partial charge in [0, 0.05) is 31.7 Å². The number of benzene rings is 2. The van der Waals surface area contributed by atoms with Crippen LogP contribution in [0.1, 0.15) is 16.1 Å². The molecule has 0 spiro atoms. The third kappa shape index (κ3) is 3.54. The molecule has 0 aliphatic heterocycles. The normalized spacial score (nSPS) is 10.9. The third-order valence-corrected chi connectivity index (χ3v) is 5.09. The first-order chi connectivity index (χ1) is 14.0. The first kappa shape index (κ1) is 19.0. The Bertz CT molecular complexity index is 1180. The Morgan fingerprint density at radius 1 is 1.07 bits per heavy atom. The summed E-state index contributed by atoms with van der Waals surface area (Å²) in [5.74, 6) is -0.311. The van der Waals surface area contributed by atoms with Crippen LogP contribution in [-0.2, 0) is 0 Å². The summed E-state index contributed by atoms with van der Waals surface area (Å²) < 4.78 is 1.73. The number of aromatic nitrogens is 3. The molecule has 4 aromatic rings. The van der Waals surface area contributed by atoms with Gasteiger partial charge in [-0.05, 0) is 43.3 Å². The van der Waals surface area contributed by atoms with Crippen molar-refractivity contribution in [1.29, 1.82) is 0 Å². The minimum atomic E-state index is -0.311. The van der Waals surface area contributed by atoms with Crippen LogP contribution >= 0.6 is 11.6 Å². The van der Waals surface area contributed by atoms with E-state index in [0.29, 0.717) is 33.0 Å². The topological polar surface area (TPSA) is 63.1 Å². The average molecular weight is 406 g/mol. The summed E-state index contributed by atoms with van der Waals surface area (Å²) in [6.07, 6.45) is 1.49. The minimum Gasteiger partial charge on any atom is -0.378 e. The fourth-order valence-corrected chi connectivity index (χ4v) is 3.51. The molecule has 29 heavy (non-hydrogen) atoms. The Kier molecular flexibility index (Phi) is 4.94. The zero-order chi connectivity index (χ0) is 20.5. The summed E-state index contributed by atoms with van der Waals surface area (Å²) >= 11 is 6.61. The predicted octanol–water partition coefficient (Wildman–Crippen LogP) is 4.70. The molecule has 2 aromatic heterocycles. The highest BCUT2D eigenvalue weighted by atomic mass is 35.5. The maximum atomic E-state index is 12.8. The smallest absolute Gasteiger partial charge is 0.258 e. The second kappa shape index (κ2) is 7.56. The van der Waals surface area contributed by atoms with Gasteiger partial charge in [-0.25, -0.2) is 9.67 Å². The van der Waals surface area contributed by atoms with Crippen molar-refractivity contribution in [2.75, 3.05) is 24.3 Å². The number of hydrogen-bond acceptors (Lipinski definition) is 4. The van der Waals surface area contributed by atoms with E-state index in [1.165, 1.54) is 6.20 Å². The zero-order valence-electron chi connectivity index (χ0n) is 16.3. The molecule has 0 bridgehead atoms. The number of aryl methyl sites for hydroxylation is 1. The van der Waals surface area contributed by atoms with E-state index in [9.17, 15) is 4.79 Å². The van der Waals surface area contributed by atoms with Crippen molar-refractivity contribution >= 4 is 39.9 Å². The van der Waals surface area contributed by atoms with E-state index in [1.54, 1.807) is 4.68 Å². The van der Waals surface area contributed by atoms with Gasteiger partial charge in [0.15, 0.2) is 5.65 Å². The maximum absolute atomic E-state index is 12.8. The molecule has 0 atom stereocenters. The van der Waals surface area contributed by atoms with Crippen LogP contribution < -0.4 is 10.2 Å². The molecule has 0 saturated carbocycles. The Balaban J connectivity index is 1.69. The molecule has 146 valence electrons. The van der Waals surface area contributed by atoms with Crippen molar-refractivity contribution in [2.45, 2.75) is 6.92 Å². The molecule has 6 nitrogen and oxygen atoms in total. The first-order valence-corrected chi connectivity index (χ1v) is 9.51. The van der Waals surface area contributed by atoms with Gasteiger partial charge in [0.05, 0.1) is 27.4 Å². The first-order valence-electron chi connectivity index (χ1n) is 9.13. The van der Waals surface area contributed by atoms with Crippen LogP contribution in [0.5, 0.6) is 0 Å². The Hall–Kier alpha value is -3.38. The number of carbonyl (C=O) groups is 1. The second-order valence-electron chi connectivity index (χ2n) is 6.91. The minimum absolute atomic E-state index is 0.311. The summed E-state index contributed by atoms with van der Waals surface area (Å²) in [5, 5.41) is 8.46. The standard InChI is InChI=1S/C22H20ClN5O/c1-14-19-20(23)18(22(29)25-15-9-11-16(12-10-15)27(2)3)13-24-21(19)28(26-14)17-7-5-4-6-8-17/h4-13H,1-3H3,(H,25,29). The number of halogens is 1. The predicted molar refractivity (Wildman–Crippen MR) is 117 cm³/mol. The van der Waals surface area contributed by atoms with Crippen molar-refractivity contribution in [3.63, 3.8) is 0 Å². The Morgan fingerprint density at radius 2 is 1.76 bits per heavy atom. The molecular weight excluding hydrogens is 386 g/mol. The summed E-state index contributed by atoms with van der Waals surface area (Å²) in [6.45, 7) is 1.86. The van der Waals surface area contributed by atoms with E-state index >= 15 is 0 Å². The van der Waals surface area contributed by atoms with Gasteiger partial charge in [-0.15, -0.1) is 0 Å². The van der Waals surface area contributed by atoms with Gasteiger partial charge < -0.3 is 10.2 Å². The number of nitrogens with one attached hydrogen (secondary N) is 1. The van der Waals surface area contributed by atoms with Gasteiger partial charge in [-0.3, -0.25) is 4.79 Å². The summed E-state index contributed by atoms with van der Waals surface area (Å²) in [6, 6.07) is 17.3. The van der Waals surface area contributed by atoms with E-state index in [1.807, 2.05) is 80.5 Å². The van der Waals surface area contributed by atoms with Crippen LogP contribution in [0.2, 0.25) is 5.02 Å². The van der Waals surface area contributed by atoms with E-state index in [2.05, 4.69) is 15.4 Å². The van der Waals surface area contributed by atoms with Crippen LogP contribution in [0.3, 0.4) is 0 Å². The highest BCUT2D eigenvalue weighted by Crippen LogP contribution is 2.30. The van der Waals surface area contributed by atoms with Gasteiger partial charge in [0.2, 0.25) is 0 Å². The lowest BCUT2D eigenvalue weighted by atomic mass is 10.2. The SMILES string of the molecule is Cc1nn(-c2ccccc2)c2ncc(C(=O)Nc3ccc(N(C)C)cc3)c(Cl)c12. The number of carbonyl (C=O) groups excluding carboxylic acids is 1. The quantitative estimate of drug-likeness (QED) is 0.534. The molecule has 2 aromatic carbocycles. The van der Waals surface area contributed by atoms with E-state index in [4.69, 9.17) is 11.6 Å². The van der Waals surface area contributed by atoms with Crippen LogP contribution in [0, 0.1) is 6.92 Å². The number of pyridine rings is 1. The summed E-state index contributed by atoms with van der Waals surface area (Å²) in [7, 11) is 3.93. The Labute approximate surface area is 173 Å². The molecule has 0 saturated heterocycles. The molecular formula is C22H20ClN5O. The van der Waals surface area contributed by atoms with Gasteiger partial charge >= 0.3 is 0 Å². The number of hydrogen-bond donors (Lipinski definition) is 1. The van der Waals surface area contributed by atoms with Gasteiger partial charge in [0.25, 0.3) is 5.91 Å². The zero-order valence-corrected chi connectivity index (χ0v) is 17.1. The lowest BCUT2D eigenvalue weighted by Crippen LogP contribution is -2.14. The lowest BCUT2D eigenvalue weighted by Gasteiger charge is -2.13.